The van der Waals surface area contributed by atoms with Crippen LogP contribution in [0.1, 0.15) is 23.0 Å². The Morgan fingerprint density at radius 2 is 2.25 bits per heavy atom. The van der Waals surface area contributed by atoms with Crippen LogP contribution >= 0.6 is 22.9 Å². The summed E-state index contributed by atoms with van der Waals surface area (Å²) >= 11 is 7.57. The number of amides is 1. The summed E-state index contributed by atoms with van der Waals surface area (Å²) in [6, 6.07) is 7.64. The third kappa shape index (κ3) is 3.44. The van der Waals surface area contributed by atoms with Gasteiger partial charge in [-0.05, 0) is 32.0 Å². The zero-order valence-electron chi connectivity index (χ0n) is 15.1. The van der Waals surface area contributed by atoms with Crippen molar-refractivity contribution in [1.29, 1.82) is 0 Å². The number of anilines is 1. The number of fused-ring (bicyclic) bond motifs is 1. The van der Waals surface area contributed by atoms with Crippen LogP contribution in [0.25, 0.3) is 16.9 Å². The van der Waals surface area contributed by atoms with Crippen molar-refractivity contribution >= 4 is 39.6 Å². The van der Waals surface area contributed by atoms with Crippen LogP contribution in [0.15, 0.2) is 42.0 Å². The van der Waals surface area contributed by atoms with E-state index in [1.807, 2.05) is 37.4 Å². The van der Waals surface area contributed by atoms with Crippen molar-refractivity contribution in [3.8, 4) is 17.0 Å². The second-order valence-electron chi connectivity index (χ2n) is 5.98. The normalized spacial score (nSPS) is 11.0. The summed E-state index contributed by atoms with van der Waals surface area (Å²) in [7, 11) is 0. The Labute approximate surface area is 170 Å². The first-order valence-electron chi connectivity index (χ1n) is 8.56. The molecule has 0 aliphatic rings. The first kappa shape index (κ1) is 18.4. The van der Waals surface area contributed by atoms with Gasteiger partial charge in [0.2, 0.25) is 0 Å². The van der Waals surface area contributed by atoms with E-state index in [2.05, 4.69) is 20.4 Å². The smallest absolute Gasteiger partial charge is 0.279 e. The van der Waals surface area contributed by atoms with Gasteiger partial charge in [-0.1, -0.05) is 23.2 Å². The van der Waals surface area contributed by atoms with Crippen LogP contribution in [0.5, 0.6) is 5.75 Å². The average molecular weight is 414 g/mol. The number of aryl methyl sites for hydroxylation is 1. The fourth-order valence-corrected chi connectivity index (χ4v) is 3.71. The maximum atomic E-state index is 12.6. The lowest BCUT2D eigenvalue weighted by atomic mass is 10.1. The Bertz CT molecular complexity index is 1170. The van der Waals surface area contributed by atoms with Crippen molar-refractivity contribution in [3.63, 3.8) is 0 Å². The van der Waals surface area contributed by atoms with Gasteiger partial charge in [-0.25, -0.2) is 14.5 Å². The third-order valence-electron chi connectivity index (χ3n) is 3.99. The lowest BCUT2D eigenvalue weighted by Gasteiger charge is -2.09. The molecule has 28 heavy (non-hydrogen) atoms. The second kappa shape index (κ2) is 7.57. The van der Waals surface area contributed by atoms with Crippen LogP contribution in [-0.4, -0.2) is 32.1 Å². The highest BCUT2D eigenvalue weighted by Gasteiger charge is 2.20. The number of carbonyl (C=O) groups excluding carboxylic acids is 1. The Hall–Kier alpha value is -2.97. The van der Waals surface area contributed by atoms with Gasteiger partial charge in [-0.3, -0.25) is 10.1 Å². The van der Waals surface area contributed by atoms with Gasteiger partial charge in [0.1, 0.15) is 10.8 Å². The molecule has 1 N–H and O–H groups in total. The zero-order chi connectivity index (χ0) is 19.7. The monoisotopic (exact) mass is 413 g/mol. The number of nitrogens with one attached hydrogen (secondary N) is 1. The Morgan fingerprint density at radius 1 is 1.39 bits per heavy atom. The number of hydrogen-bond acceptors (Lipinski definition) is 6. The number of ether oxygens (including phenoxy) is 1. The molecule has 0 spiro atoms. The number of halogens is 1. The molecule has 0 fully saturated rings. The van der Waals surface area contributed by atoms with Crippen LogP contribution in [0, 0.1) is 6.92 Å². The predicted molar refractivity (Wildman–Crippen MR) is 109 cm³/mol. The van der Waals surface area contributed by atoms with Crippen molar-refractivity contribution in [2.45, 2.75) is 13.8 Å². The summed E-state index contributed by atoms with van der Waals surface area (Å²) in [5.74, 6) is 0.316. The number of benzene rings is 1. The molecule has 9 heteroatoms. The van der Waals surface area contributed by atoms with E-state index < -0.39 is 5.91 Å². The van der Waals surface area contributed by atoms with Crippen molar-refractivity contribution < 1.29 is 9.53 Å². The number of carbonyl (C=O) groups is 1. The minimum Gasteiger partial charge on any atom is -0.493 e. The standard InChI is InChI=1S/C19H16ClN5O2S/c1-3-27-14-6-5-11(2)9-12(14)13-10-28-19(22-13)23-18(26)16-15(20)17-21-7-4-8-25(17)24-16/h4-10H,3H2,1-2H3,(H,22,23,26). The van der Waals surface area contributed by atoms with Gasteiger partial charge >= 0.3 is 0 Å². The molecule has 0 unspecified atom stereocenters. The molecule has 0 saturated carbocycles. The minimum absolute atomic E-state index is 0.0997. The molecule has 142 valence electrons. The maximum absolute atomic E-state index is 12.6. The molecule has 3 aromatic heterocycles. The minimum atomic E-state index is -0.439. The highest BCUT2D eigenvalue weighted by molar-refractivity contribution is 7.14. The van der Waals surface area contributed by atoms with Crippen LogP contribution < -0.4 is 10.1 Å². The SMILES string of the molecule is CCOc1ccc(C)cc1-c1csc(NC(=O)c2nn3cccnc3c2Cl)n1. The van der Waals surface area contributed by atoms with Gasteiger partial charge in [-0.2, -0.15) is 5.10 Å². The lowest BCUT2D eigenvalue weighted by Crippen LogP contribution is -2.13. The van der Waals surface area contributed by atoms with Gasteiger partial charge in [0, 0.05) is 23.3 Å². The average Bonchev–Trinajstić information content (AvgIpc) is 3.28. The first-order chi connectivity index (χ1) is 13.6. The van der Waals surface area contributed by atoms with E-state index in [1.54, 1.807) is 18.5 Å². The summed E-state index contributed by atoms with van der Waals surface area (Å²) in [4.78, 5) is 21.3. The van der Waals surface area contributed by atoms with Gasteiger partial charge in [0.15, 0.2) is 16.5 Å². The largest absolute Gasteiger partial charge is 0.493 e. The molecule has 0 bridgehead atoms. The molecule has 4 rings (SSSR count). The molecule has 4 aromatic rings. The molecule has 0 aliphatic carbocycles. The Kier molecular flexibility index (Phi) is 4.97. The van der Waals surface area contributed by atoms with Gasteiger partial charge in [-0.15, -0.1) is 11.3 Å². The fraction of sp³-hybridized carbons (Fsp3) is 0.158. The molecular formula is C19H16ClN5O2S. The summed E-state index contributed by atoms with van der Waals surface area (Å²) in [5, 5.41) is 9.47. The molecule has 1 aromatic carbocycles. The van der Waals surface area contributed by atoms with E-state index in [0.717, 1.165) is 22.6 Å². The molecule has 0 saturated heterocycles. The molecule has 0 radical (unpaired) electrons. The van der Waals surface area contributed by atoms with Crippen LogP contribution in [-0.2, 0) is 0 Å². The van der Waals surface area contributed by atoms with E-state index in [1.165, 1.54) is 15.9 Å². The first-order valence-corrected chi connectivity index (χ1v) is 9.82. The number of nitrogens with zero attached hydrogens (tertiary/aromatic N) is 4. The third-order valence-corrected chi connectivity index (χ3v) is 5.10. The summed E-state index contributed by atoms with van der Waals surface area (Å²) in [5.41, 5.74) is 3.24. The fourth-order valence-electron chi connectivity index (χ4n) is 2.74. The molecule has 0 atom stereocenters. The van der Waals surface area contributed by atoms with Gasteiger partial charge in [0.25, 0.3) is 5.91 Å². The quantitative estimate of drug-likeness (QED) is 0.522. The van der Waals surface area contributed by atoms with Crippen LogP contribution in [0.2, 0.25) is 5.02 Å². The molecule has 3 heterocycles. The van der Waals surface area contributed by atoms with Gasteiger partial charge in [0.05, 0.1) is 12.3 Å². The number of hydrogen-bond donors (Lipinski definition) is 1. The summed E-state index contributed by atoms with van der Waals surface area (Å²) in [6.45, 7) is 4.50. The summed E-state index contributed by atoms with van der Waals surface area (Å²) < 4.78 is 7.16. The molecule has 1 amide bonds. The number of rotatable bonds is 5. The van der Waals surface area contributed by atoms with Crippen LogP contribution in [0.4, 0.5) is 5.13 Å². The Morgan fingerprint density at radius 3 is 3.04 bits per heavy atom. The topological polar surface area (TPSA) is 81.4 Å². The summed E-state index contributed by atoms with van der Waals surface area (Å²) in [6.07, 6.45) is 3.27. The molecular weight excluding hydrogens is 398 g/mol. The van der Waals surface area contributed by atoms with E-state index in [0.29, 0.717) is 17.4 Å². The lowest BCUT2D eigenvalue weighted by molar-refractivity contribution is 0.102. The molecule has 0 aliphatic heterocycles. The molecule has 7 nitrogen and oxygen atoms in total. The second-order valence-corrected chi connectivity index (χ2v) is 7.21. The maximum Gasteiger partial charge on any atom is 0.279 e. The highest BCUT2D eigenvalue weighted by Crippen LogP contribution is 2.33. The van der Waals surface area contributed by atoms with Crippen molar-refractivity contribution in [2.24, 2.45) is 0 Å². The van der Waals surface area contributed by atoms with E-state index >= 15 is 0 Å². The van der Waals surface area contributed by atoms with E-state index in [4.69, 9.17) is 16.3 Å². The zero-order valence-corrected chi connectivity index (χ0v) is 16.7. The van der Waals surface area contributed by atoms with E-state index in [-0.39, 0.29) is 10.7 Å². The highest BCUT2D eigenvalue weighted by atomic mass is 35.5. The van der Waals surface area contributed by atoms with Crippen LogP contribution in [0.3, 0.4) is 0 Å². The van der Waals surface area contributed by atoms with E-state index in [9.17, 15) is 4.79 Å². The number of thiazole rings is 1. The van der Waals surface area contributed by atoms with Gasteiger partial charge < -0.3 is 4.74 Å². The van der Waals surface area contributed by atoms with Crippen molar-refractivity contribution in [3.05, 3.63) is 58.3 Å². The van der Waals surface area contributed by atoms with Crippen molar-refractivity contribution in [1.82, 2.24) is 19.6 Å². The van der Waals surface area contributed by atoms with Crippen molar-refractivity contribution in [2.75, 3.05) is 11.9 Å². The Balaban J connectivity index is 1.61. The predicted octanol–water partition coefficient (Wildman–Crippen LogP) is 4.47. The number of aromatic nitrogens is 4.